The zero-order chi connectivity index (χ0) is 11.1. The van der Waals surface area contributed by atoms with Crippen LogP contribution in [0.2, 0.25) is 0 Å². The zero-order valence-electron chi connectivity index (χ0n) is 8.61. The second kappa shape index (κ2) is 3.57. The molecule has 15 heavy (non-hydrogen) atoms. The summed E-state index contributed by atoms with van der Waals surface area (Å²) in [5.41, 5.74) is 3.70. The lowest BCUT2D eigenvalue weighted by atomic mass is 10.0. The largest absolute Gasteiger partial charge is 0.379 e. The van der Waals surface area contributed by atoms with E-state index in [1.807, 2.05) is 4.90 Å². The molecule has 1 aliphatic carbocycles. The maximum Gasteiger partial charge on any atom is 0.250 e. The predicted octanol–water partition coefficient (Wildman–Crippen LogP) is -0.970. The van der Waals surface area contributed by atoms with Crippen molar-refractivity contribution >= 4 is 11.7 Å². The number of Topliss-reactive ketones (excluding diaryl/α,β-unsaturated/α-hetero) is 1. The number of nitrogens with two attached hydrogens (primary N) is 1. The minimum atomic E-state index is -1.43. The van der Waals surface area contributed by atoms with E-state index in [0.29, 0.717) is 19.4 Å². The Morgan fingerprint density at radius 1 is 1.60 bits per heavy atom. The maximum absolute atomic E-state index is 11.5. The van der Waals surface area contributed by atoms with Gasteiger partial charge in [0.25, 0.3) is 5.91 Å². The fraction of sp³-hybridized carbons (Fsp3) is 0.800. The van der Waals surface area contributed by atoms with Crippen LogP contribution in [0.25, 0.3) is 0 Å². The number of aliphatic hydroxyl groups is 1. The molecule has 1 saturated heterocycles. The van der Waals surface area contributed by atoms with Crippen LogP contribution in [0, 0.1) is 0 Å². The minimum Gasteiger partial charge on any atom is -0.379 e. The van der Waals surface area contributed by atoms with Crippen LogP contribution in [0.15, 0.2) is 0 Å². The van der Waals surface area contributed by atoms with Crippen LogP contribution in [0.1, 0.15) is 25.7 Å². The number of primary amides is 1. The number of ketones is 1. The van der Waals surface area contributed by atoms with Gasteiger partial charge in [-0.3, -0.25) is 14.5 Å². The summed E-state index contributed by atoms with van der Waals surface area (Å²) < 4.78 is 0. The smallest absolute Gasteiger partial charge is 0.250 e. The van der Waals surface area contributed by atoms with Gasteiger partial charge in [0.05, 0.1) is 6.04 Å². The van der Waals surface area contributed by atoms with Crippen molar-refractivity contribution in [3.05, 3.63) is 0 Å². The second-order valence-electron chi connectivity index (χ2n) is 4.49. The van der Waals surface area contributed by atoms with E-state index in [1.165, 1.54) is 0 Å². The van der Waals surface area contributed by atoms with Crippen molar-refractivity contribution in [3.8, 4) is 0 Å². The Kier molecular flexibility index (Phi) is 2.52. The molecule has 0 aromatic heterocycles. The number of carbonyl (C=O) groups is 2. The van der Waals surface area contributed by atoms with Crippen LogP contribution in [-0.2, 0) is 9.59 Å². The highest BCUT2D eigenvalue weighted by Gasteiger charge is 2.45. The standard InChI is InChI=1S/C10H16N2O3/c11-9(14)10(15)4-5-12(6-10)7-2-1-3-8(7)13/h7,15H,1-6H2,(H2,11,14). The third-order valence-corrected chi connectivity index (χ3v) is 3.45. The average Bonchev–Trinajstić information content (AvgIpc) is 2.73. The lowest BCUT2D eigenvalue weighted by Crippen LogP contribution is -2.48. The van der Waals surface area contributed by atoms with Gasteiger partial charge in [-0.25, -0.2) is 0 Å². The number of hydrogen-bond acceptors (Lipinski definition) is 4. The average molecular weight is 212 g/mol. The molecule has 5 heteroatoms. The number of rotatable bonds is 2. The maximum atomic E-state index is 11.5. The molecule has 1 saturated carbocycles. The van der Waals surface area contributed by atoms with Crippen LogP contribution in [0.3, 0.4) is 0 Å². The van der Waals surface area contributed by atoms with Gasteiger partial charge < -0.3 is 10.8 Å². The molecule has 3 N–H and O–H groups in total. The summed E-state index contributed by atoms with van der Waals surface area (Å²) in [6, 6.07) is -0.0987. The summed E-state index contributed by atoms with van der Waals surface area (Å²) in [6.45, 7) is 0.786. The summed E-state index contributed by atoms with van der Waals surface area (Å²) in [5.74, 6) is -0.459. The quantitative estimate of drug-likeness (QED) is 0.617. The van der Waals surface area contributed by atoms with E-state index >= 15 is 0 Å². The molecule has 0 aromatic carbocycles. The summed E-state index contributed by atoms with van der Waals surface area (Å²) in [6.07, 6.45) is 2.71. The Balaban J connectivity index is 2.03. The molecule has 1 amide bonds. The van der Waals surface area contributed by atoms with Gasteiger partial charge in [0.2, 0.25) is 0 Å². The van der Waals surface area contributed by atoms with Gasteiger partial charge in [-0.2, -0.15) is 0 Å². The molecule has 0 spiro atoms. The van der Waals surface area contributed by atoms with Crippen LogP contribution >= 0.6 is 0 Å². The first kappa shape index (κ1) is 10.6. The molecule has 0 bridgehead atoms. The Hall–Kier alpha value is -0.940. The molecular weight excluding hydrogens is 196 g/mol. The first-order valence-corrected chi connectivity index (χ1v) is 5.32. The van der Waals surface area contributed by atoms with Gasteiger partial charge in [-0.15, -0.1) is 0 Å². The molecule has 2 rings (SSSR count). The van der Waals surface area contributed by atoms with E-state index < -0.39 is 11.5 Å². The number of nitrogens with zero attached hydrogens (tertiary/aromatic N) is 1. The summed E-state index contributed by atoms with van der Waals surface area (Å²) >= 11 is 0. The monoisotopic (exact) mass is 212 g/mol. The fourth-order valence-corrected chi connectivity index (χ4v) is 2.47. The molecule has 0 radical (unpaired) electrons. The summed E-state index contributed by atoms with van der Waals surface area (Å²) in [5, 5.41) is 9.86. The zero-order valence-corrected chi connectivity index (χ0v) is 8.61. The van der Waals surface area contributed by atoms with Crippen molar-refractivity contribution in [3.63, 3.8) is 0 Å². The predicted molar refractivity (Wildman–Crippen MR) is 53.0 cm³/mol. The fourth-order valence-electron chi connectivity index (χ4n) is 2.47. The third kappa shape index (κ3) is 1.77. The molecule has 2 atom stereocenters. The highest BCUT2D eigenvalue weighted by molar-refractivity contribution is 5.87. The van der Waals surface area contributed by atoms with Crippen molar-refractivity contribution in [2.75, 3.05) is 13.1 Å². The van der Waals surface area contributed by atoms with Crippen molar-refractivity contribution in [2.24, 2.45) is 5.73 Å². The third-order valence-electron chi connectivity index (χ3n) is 3.45. The Morgan fingerprint density at radius 3 is 2.80 bits per heavy atom. The van der Waals surface area contributed by atoms with Gasteiger partial charge in [-0.1, -0.05) is 0 Å². The van der Waals surface area contributed by atoms with Crippen molar-refractivity contribution in [1.82, 2.24) is 4.90 Å². The van der Waals surface area contributed by atoms with Gasteiger partial charge in [-0.05, 0) is 19.3 Å². The van der Waals surface area contributed by atoms with Gasteiger partial charge >= 0.3 is 0 Å². The van der Waals surface area contributed by atoms with Crippen molar-refractivity contribution in [2.45, 2.75) is 37.3 Å². The van der Waals surface area contributed by atoms with E-state index in [4.69, 9.17) is 5.73 Å². The Morgan fingerprint density at radius 2 is 2.33 bits per heavy atom. The van der Waals surface area contributed by atoms with E-state index in [0.717, 1.165) is 12.8 Å². The normalized spacial score (nSPS) is 37.4. The SMILES string of the molecule is NC(=O)C1(O)CCN(C2CCCC2=O)C1. The van der Waals surface area contributed by atoms with Gasteiger partial charge in [0.1, 0.15) is 5.78 Å². The molecule has 1 aliphatic heterocycles. The number of hydrogen-bond donors (Lipinski definition) is 2. The number of β-amino-alcohol motifs (C(OH)–C–C–N with tert-alkyl or cyclic N) is 1. The lowest BCUT2D eigenvalue weighted by molar-refractivity contribution is -0.135. The molecule has 2 unspecified atom stereocenters. The Labute approximate surface area is 88.2 Å². The summed E-state index contributed by atoms with van der Waals surface area (Å²) in [4.78, 5) is 24.4. The molecule has 2 aliphatic rings. The first-order chi connectivity index (χ1) is 7.03. The van der Waals surface area contributed by atoms with E-state index in [9.17, 15) is 14.7 Å². The molecule has 1 heterocycles. The second-order valence-corrected chi connectivity index (χ2v) is 4.49. The lowest BCUT2D eigenvalue weighted by Gasteiger charge is -2.24. The molecule has 84 valence electrons. The van der Waals surface area contributed by atoms with Gasteiger partial charge in [0, 0.05) is 19.5 Å². The molecule has 0 aromatic rings. The molecule has 5 nitrogen and oxygen atoms in total. The highest BCUT2D eigenvalue weighted by atomic mass is 16.3. The van der Waals surface area contributed by atoms with E-state index in [2.05, 4.69) is 0 Å². The van der Waals surface area contributed by atoms with Crippen molar-refractivity contribution in [1.29, 1.82) is 0 Å². The van der Waals surface area contributed by atoms with Crippen LogP contribution in [0.5, 0.6) is 0 Å². The van der Waals surface area contributed by atoms with E-state index in [-0.39, 0.29) is 18.4 Å². The number of carbonyl (C=O) groups excluding carboxylic acids is 2. The van der Waals surface area contributed by atoms with Crippen LogP contribution in [0.4, 0.5) is 0 Å². The van der Waals surface area contributed by atoms with Crippen molar-refractivity contribution < 1.29 is 14.7 Å². The van der Waals surface area contributed by atoms with Gasteiger partial charge in [0.15, 0.2) is 5.60 Å². The molecule has 2 fully saturated rings. The van der Waals surface area contributed by atoms with Crippen LogP contribution in [-0.4, -0.2) is 46.4 Å². The molecular formula is C10H16N2O3. The number of amides is 1. The van der Waals surface area contributed by atoms with E-state index in [1.54, 1.807) is 0 Å². The topological polar surface area (TPSA) is 83.6 Å². The number of likely N-dealkylation sites (tertiary alicyclic amines) is 1. The Bertz CT molecular complexity index is 305. The highest BCUT2D eigenvalue weighted by Crippen LogP contribution is 2.28. The minimum absolute atomic E-state index is 0.0987. The van der Waals surface area contributed by atoms with Crippen LogP contribution < -0.4 is 5.73 Å². The first-order valence-electron chi connectivity index (χ1n) is 5.32. The summed E-state index contributed by atoms with van der Waals surface area (Å²) in [7, 11) is 0.